The third-order valence-electron chi connectivity index (χ3n) is 3.22. The highest BCUT2D eigenvalue weighted by molar-refractivity contribution is 5.79. The van der Waals surface area contributed by atoms with Crippen molar-refractivity contribution in [3.05, 3.63) is 0 Å². The summed E-state index contributed by atoms with van der Waals surface area (Å²) in [6.07, 6.45) is 8.13. The van der Waals surface area contributed by atoms with Crippen LogP contribution in [0.25, 0.3) is 0 Å². The molecule has 1 heterocycles. The van der Waals surface area contributed by atoms with E-state index in [0.717, 1.165) is 31.5 Å². The second kappa shape index (κ2) is 5.23. The summed E-state index contributed by atoms with van der Waals surface area (Å²) in [5, 5.41) is 6.73. The van der Waals surface area contributed by atoms with Gasteiger partial charge in [-0.05, 0) is 25.2 Å². The SMILES string of the molecule is C1CCNC(NCCC2CCC2)=NC1. The Labute approximate surface area is 86.4 Å². The van der Waals surface area contributed by atoms with Gasteiger partial charge in [0.2, 0.25) is 0 Å². The van der Waals surface area contributed by atoms with Gasteiger partial charge in [0.25, 0.3) is 0 Å². The molecule has 0 aromatic carbocycles. The lowest BCUT2D eigenvalue weighted by Crippen LogP contribution is -2.38. The third-order valence-corrected chi connectivity index (χ3v) is 3.22. The van der Waals surface area contributed by atoms with Crippen molar-refractivity contribution in [1.29, 1.82) is 0 Å². The van der Waals surface area contributed by atoms with E-state index in [1.807, 2.05) is 0 Å². The molecule has 80 valence electrons. The van der Waals surface area contributed by atoms with Crippen LogP contribution in [0.1, 0.15) is 38.5 Å². The maximum Gasteiger partial charge on any atom is 0.191 e. The normalized spacial score (nSPS) is 23.0. The smallest absolute Gasteiger partial charge is 0.191 e. The molecule has 0 amide bonds. The van der Waals surface area contributed by atoms with Crippen LogP contribution in [0.2, 0.25) is 0 Å². The van der Waals surface area contributed by atoms with Crippen molar-refractivity contribution in [1.82, 2.24) is 10.6 Å². The van der Waals surface area contributed by atoms with Crippen LogP contribution in [-0.2, 0) is 0 Å². The molecule has 0 spiro atoms. The Morgan fingerprint density at radius 2 is 2.21 bits per heavy atom. The Hall–Kier alpha value is -0.730. The summed E-state index contributed by atoms with van der Waals surface area (Å²) in [5.74, 6) is 2.02. The second-order valence-electron chi connectivity index (χ2n) is 4.38. The lowest BCUT2D eigenvalue weighted by Gasteiger charge is -2.25. The average Bonchev–Trinajstić information content (AvgIpc) is 2.37. The van der Waals surface area contributed by atoms with Gasteiger partial charge < -0.3 is 10.6 Å². The van der Waals surface area contributed by atoms with Crippen molar-refractivity contribution in [2.45, 2.75) is 38.5 Å². The minimum absolute atomic E-state index is 0.985. The molecule has 0 saturated heterocycles. The number of hydrogen-bond donors (Lipinski definition) is 2. The topological polar surface area (TPSA) is 36.4 Å². The first-order valence-corrected chi connectivity index (χ1v) is 5.97. The fourth-order valence-electron chi connectivity index (χ4n) is 1.98. The van der Waals surface area contributed by atoms with E-state index < -0.39 is 0 Å². The highest BCUT2D eigenvalue weighted by Crippen LogP contribution is 2.28. The zero-order chi connectivity index (χ0) is 9.64. The monoisotopic (exact) mass is 195 g/mol. The quantitative estimate of drug-likeness (QED) is 0.716. The highest BCUT2D eigenvalue weighted by atomic mass is 15.2. The minimum Gasteiger partial charge on any atom is -0.356 e. The molecule has 1 fully saturated rings. The molecule has 1 saturated carbocycles. The maximum atomic E-state index is 4.46. The van der Waals surface area contributed by atoms with Gasteiger partial charge in [-0.25, -0.2) is 0 Å². The molecule has 0 atom stereocenters. The summed E-state index contributed by atoms with van der Waals surface area (Å²) in [7, 11) is 0. The molecule has 2 aliphatic rings. The fourth-order valence-corrected chi connectivity index (χ4v) is 1.98. The zero-order valence-corrected chi connectivity index (χ0v) is 8.89. The summed E-state index contributed by atoms with van der Waals surface area (Å²) < 4.78 is 0. The molecule has 0 aromatic rings. The Morgan fingerprint density at radius 1 is 1.29 bits per heavy atom. The largest absolute Gasteiger partial charge is 0.356 e. The van der Waals surface area contributed by atoms with Crippen LogP contribution in [0.3, 0.4) is 0 Å². The van der Waals surface area contributed by atoms with Gasteiger partial charge in [-0.3, -0.25) is 4.99 Å². The minimum atomic E-state index is 0.985. The zero-order valence-electron chi connectivity index (χ0n) is 8.89. The summed E-state index contributed by atoms with van der Waals surface area (Å²) in [4.78, 5) is 4.46. The van der Waals surface area contributed by atoms with Gasteiger partial charge >= 0.3 is 0 Å². The molecule has 1 aliphatic carbocycles. The van der Waals surface area contributed by atoms with Crippen molar-refractivity contribution in [3.8, 4) is 0 Å². The molecule has 0 radical (unpaired) electrons. The highest BCUT2D eigenvalue weighted by Gasteiger charge is 2.16. The summed E-state index contributed by atoms with van der Waals surface area (Å²) in [6, 6.07) is 0. The number of nitrogens with one attached hydrogen (secondary N) is 2. The van der Waals surface area contributed by atoms with Gasteiger partial charge in [0.15, 0.2) is 5.96 Å². The van der Waals surface area contributed by atoms with Gasteiger partial charge in [-0.1, -0.05) is 19.3 Å². The van der Waals surface area contributed by atoms with Crippen LogP contribution >= 0.6 is 0 Å². The summed E-state index contributed by atoms with van der Waals surface area (Å²) in [5.41, 5.74) is 0. The molecule has 0 bridgehead atoms. The maximum absolute atomic E-state index is 4.46. The van der Waals surface area contributed by atoms with Crippen LogP contribution in [-0.4, -0.2) is 25.6 Å². The molecule has 3 heteroatoms. The van der Waals surface area contributed by atoms with E-state index in [-0.39, 0.29) is 0 Å². The first kappa shape index (κ1) is 9.81. The van der Waals surface area contributed by atoms with E-state index >= 15 is 0 Å². The molecular weight excluding hydrogens is 174 g/mol. The van der Waals surface area contributed by atoms with Crippen molar-refractivity contribution < 1.29 is 0 Å². The Bertz CT molecular complexity index is 197. The molecule has 2 rings (SSSR count). The van der Waals surface area contributed by atoms with Gasteiger partial charge in [0, 0.05) is 19.6 Å². The van der Waals surface area contributed by atoms with E-state index in [0.29, 0.717) is 0 Å². The second-order valence-corrected chi connectivity index (χ2v) is 4.38. The van der Waals surface area contributed by atoms with Gasteiger partial charge in [0.05, 0.1) is 0 Å². The van der Waals surface area contributed by atoms with Crippen molar-refractivity contribution in [3.63, 3.8) is 0 Å². The number of hydrogen-bond acceptors (Lipinski definition) is 3. The van der Waals surface area contributed by atoms with Gasteiger partial charge in [0.1, 0.15) is 0 Å². The average molecular weight is 195 g/mol. The van der Waals surface area contributed by atoms with Crippen molar-refractivity contribution in [2.24, 2.45) is 10.9 Å². The molecule has 2 N–H and O–H groups in total. The van der Waals surface area contributed by atoms with Gasteiger partial charge in [-0.15, -0.1) is 0 Å². The lowest BCUT2D eigenvalue weighted by molar-refractivity contribution is 0.297. The van der Waals surface area contributed by atoms with Crippen molar-refractivity contribution in [2.75, 3.05) is 19.6 Å². The molecule has 3 nitrogen and oxygen atoms in total. The van der Waals surface area contributed by atoms with Crippen LogP contribution in [0.15, 0.2) is 4.99 Å². The van der Waals surface area contributed by atoms with Crippen LogP contribution in [0.4, 0.5) is 0 Å². The molecule has 14 heavy (non-hydrogen) atoms. The predicted octanol–water partition coefficient (Wildman–Crippen LogP) is 1.51. The Morgan fingerprint density at radius 3 is 3.00 bits per heavy atom. The standard InChI is InChI=1S/C11H21N3/c1-2-8-13-11(12-7-1)14-9-6-10-4-3-5-10/h10H,1-9H2,(H2,12,13,14). The van der Waals surface area contributed by atoms with E-state index in [1.165, 1.54) is 38.5 Å². The first-order valence-electron chi connectivity index (χ1n) is 5.97. The van der Waals surface area contributed by atoms with Crippen LogP contribution in [0.5, 0.6) is 0 Å². The van der Waals surface area contributed by atoms with E-state index in [4.69, 9.17) is 0 Å². The number of aliphatic imine (C=N–C) groups is 1. The molecular formula is C11H21N3. The van der Waals surface area contributed by atoms with Crippen LogP contribution in [0, 0.1) is 5.92 Å². The van der Waals surface area contributed by atoms with Crippen LogP contribution < -0.4 is 10.6 Å². The summed E-state index contributed by atoms with van der Waals surface area (Å²) in [6.45, 7) is 3.16. The summed E-state index contributed by atoms with van der Waals surface area (Å²) >= 11 is 0. The lowest BCUT2D eigenvalue weighted by atomic mass is 9.83. The third kappa shape index (κ3) is 2.89. The first-order chi connectivity index (χ1) is 6.95. The number of nitrogens with zero attached hydrogens (tertiary/aromatic N) is 1. The van der Waals surface area contributed by atoms with E-state index in [9.17, 15) is 0 Å². The predicted molar refractivity (Wildman–Crippen MR) is 59.5 cm³/mol. The molecule has 0 aromatic heterocycles. The number of rotatable bonds is 3. The number of guanidine groups is 1. The molecule has 0 unspecified atom stereocenters. The fraction of sp³-hybridized carbons (Fsp3) is 0.909. The van der Waals surface area contributed by atoms with E-state index in [2.05, 4.69) is 15.6 Å². The van der Waals surface area contributed by atoms with E-state index in [1.54, 1.807) is 0 Å². The van der Waals surface area contributed by atoms with Crippen molar-refractivity contribution >= 4 is 5.96 Å². The van der Waals surface area contributed by atoms with Gasteiger partial charge in [-0.2, -0.15) is 0 Å². The molecule has 1 aliphatic heterocycles. The Kier molecular flexibility index (Phi) is 3.66. The Balaban J connectivity index is 1.60.